The van der Waals surface area contributed by atoms with Crippen LogP contribution in [0.4, 0.5) is 0 Å². The van der Waals surface area contributed by atoms with Crippen LogP contribution in [0.1, 0.15) is 11.7 Å². The Morgan fingerprint density at radius 3 is 2.33 bits per heavy atom. The molecule has 2 N–H and O–H groups in total. The summed E-state index contributed by atoms with van der Waals surface area (Å²) < 4.78 is 5.36. The number of benzene rings is 1. The van der Waals surface area contributed by atoms with Gasteiger partial charge in [-0.2, -0.15) is 0 Å². The van der Waals surface area contributed by atoms with E-state index >= 15 is 0 Å². The summed E-state index contributed by atoms with van der Waals surface area (Å²) in [4.78, 5) is 27.2. The first-order chi connectivity index (χ1) is 10.1. The molecule has 0 aromatic heterocycles. The Bertz CT molecular complexity index is 484. The molecule has 0 saturated carbocycles. The molecular weight excluding hydrogens is 270 g/mol. The van der Waals surface area contributed by atoms with Gasteiger partial charge >= 0.3 is 0 Å². The van der Waals surface area contributed by atoms with E-state index in [1.54, 1.807) is 12.0 Å². The second kappa shape index (κ2) is 7.19. The SMILES string of the molecule is CO[C@H](C(=O)N1CCN(CC(N)=O)CC1)c1ccccc1. The van der Waals surface area contributed by atoms with Gasteiger partial charge < -0.3 is 15.4 Å². The number of rotatable bonds is 5. The third-order valence-corrected chi connectivity index (χ3v) is 3.63. The molecule has 0 aliphatic carbocycles. The molecule has 1 fully saturated rings. The number of nitrogens with two attached hydrogens (primary N) is 1. The maximum absolute atomic E-state index is 12.5. The monoisotopic (exact) mass is 291 g/mol. The Balaban J connectivity index is 1.96. The Hall–Kier alpha value is -1.92. The average molecular weight is 291 g/mol. The highest BCUT2D eigenvalue weighted by molar-refractivity contribution is 5.82. The second-order valence-corrected chi connectivity index (χ2v) is 5.09. The minimum absolute atomic E-state index is 0.0394. The minimum atomic E-state index is -0.575. The maximum Gasteiger partial charge on any atom is 0.256 e. The fourth-order valence-electron chi connectivity index (χ4n) is 2.52. The highest BCUT2D eigenvalue weighted by atomic mass is 16.5. The predicted octanol–water partition coefficient (Wildman–Crippen LogP) is 0.00360. The topological polar surface area (TPSA) is 75.9 Å². The van der Waals surface area contributed by atoms with Gasteiger partial charge in [-0.05, 0) is 5.56 Å². The summed E-state index contributed by atoms with van der Waals surface area (Å²) in [7, 11) is 1.54. The Kier molecular flexibility index (Phi) is 5.30. The minimum Gasteiger partial charge on any atom is -0.369 e. The van der Waals surface area contributed by atoms with E-state index in [1.165, 1.54) is 0 Å². The van der Waals surface area contributed by atoms with Crippen LogP contribution in [0.25, 0.3) is 0 Å². The highest BCUT2D eigenvalue weighted by Crippen LogP contribution is 2.20. The molecule has 1 saturated heterocycles. The Morgan fingerprint density at radius 2 is 1.81 bits per heavy atom. The molecule has 0 unspecified atom stereocenters. The van der Waals surface area contributed by atoms with Crippen LogP contribution in [-0.4, -0.2) is 61.4 Å². The number of carbonyl (C=O) groups excluding carboxylic acids is 2. The fourth-order valence-corrected chi connectivity index (χ4v) is 2.52. The molecule has 1 heterocycles. The number of hydrogen-bond acceptors (Lipinski definition) is 4. The van der Waals surface area contributed by atoms with Gasteiger partial charge in [0.15, 0.2) is 6.10 Å². The molecule has 6 nitrogen and oxygen atoms in total. The summed E-state index contributed by atoms with van der Waals surface area (Å²) in [6, 6.07) is 9.45. The van der Waals surface area contributed by atoms with Gasteiger partial charge in [-0.3, -0.25) is 14.5 Å². The van der Waals surface area contributed by atoms with Crippen LogP contribution in [0.15, 0.2) is 30.3 Å². The van der Waals surface area contributed by atoms with Gasteiger partial charge in [0.1, 0.15) is 0 Å². The number of methoxy groups -OCH3 is 1. The molecule has 1 atom stereocenters. The summed E-state index contributed by atoms with van der Waals surface area (Å²) in [6.07, 6.45) is -0.575. The summed E-state index contributed by atoms with van der Waals surface area (Å²) >= 11 is 0. The molecule has 0 radical (unpaired) electrons. The van der Waals surface area contributed by atoms with E-state index in [0.717, 1.165) is 5.56 Å². The molecule has 1 aliphatic rings. The second-order valence-electron chi connectivity index (χ2n) is 5.09. The van der Waals surface area contributed by atoms with Crippen LogP contribution < -0.4 is 5.73 Å². The van der Waals surface area contributed by atoms with Crippen LogP contribution in [0.3, 0.4) is 0 Å². The van der Waals surface area contributed by atoms with Crippen molar-refractivity contribution in [3.8, 4) is 0 Å². The molecule has 2 rings (SSSR count). The lowest BCUT2D eigenvalue weighted by atomic mass is 10.1. The zero-order valence-corrected chi connectivity index (χ0v) is 12.2. The maximum atomic E-state index is 12.5. The normalized spacial score (nSPS) is 17.5. The van der Waals surface area contributed by atoms with Gasteiger partial charge in [0.2, 0.25) is 5.91 Å². The molecule has 1 aliphatic heterocycles. The van der Waals surface area contributed by atoms with Crippen molar-refractivity contribution < 1.29 is 14.3 Å². The summed E-state index contributed by atoms with van der Waals surface area (Å²) in [5.41, 5.74) is 6.03. The van der Waals surface area contributed by atoms with Crippen molar-refractivity contribution >= 4 is 11.8 Å². The van der Waals surface area contributed by atoms with Crippen LogP contribution in [0, 0.1) is 0 Å². The average Bonchev–Trinajstić information content (AvgIpc) is 2.49. The standard InChI is InChI=1S/C15H21N3O3/c1-21-14(12-5-3-2-4-6-12)15(20)18-9-7-17(8-10-18)11-13(16)19/h2-6,14H,7-11H2,1H3,(H2,16,19)/t14-/m0/s1. The highest BCUT2D eigenvalue weighted by Gasteiger charge is 2.28. The van der Waals surface area contributed by atoms with Crippen molar-refractivity contribution in [3.63, 3.8) is 0 Å². The van der Waals surface area contributed by atoms with Crippen molar-refractivity contribution in [1.82, 2.24) is 9.80 Å². The molecule has 1 aromatic rings. The fraction of sp³-hybridized carbons (Fsp3) is 0.467. The lowest BCUT2D eigenvalue weighted by Crippen LogP contribution is -2.51. The van der Waals surface area contributed by atoms with Gasteiger partial charge in [0.25, 0.3) is 5.91 Å². The first kappa shape index (κ1) is 15.5. The van der Waals surface area contributed by atoms with Crippen molar-refractivity contribution in [2.24, 2.45) is 5.73 Å². The van der Waals surface area contributed by atoms with E-state index in [9.17, 15) is 9.59 Å². The number of carbonyl (C=O) groups is 2. The van der Waals surface area contributed by atoms with Crippen molar-refractivity contribution in [2.75, 3.05) is 39.8 Å². The molecule has 114 valence electrons. The molecule has 6 heteroatoms. The Labute approximate surface area is 124 Å². The van der Waals surface area contributed by atoms with E-state index in [0.29, 0.717) is 26.2 Å². The zero-order valence-electron chi connectivity index (χ0n) is 12.2. The van der Waals surface area contributed by atoms with Gasteiger partial charge in [0, 0.05) is 33.3 Å². The first-order valence-corrected chi connectivity index (χ1v) is 6.99. The van der Waals surface area contributed by atoms with E-state index < -0.39 is 6.10 Å². The molecular formula is C15H21N3O3. The lowest BCUT2D eigenvalue weighted by molar-refractivity contribution is -0.144. The third kappa shape index (κ3) is 4.03. The van der Waals surface area contributed by atoms with Crippen molar-refractivity contribution in [2.45, 2.75) is 6.10 Å². The quantitative estimate of drug-likeness (QED) is 0.829. The van der Waals surface area contributed by atoms with E-state index in [4.69, 9.17) is 10.5 Å². The number of piperazine rings is 1. The zero-order chi connectivity index (χ0) is 15.2. The number of primary amides is 1. The summed E-state index contributed by atoms with van der Waals surface area (Å²) in [6.45, 7) is 2.71. The van der Waals surface area contributed by atoms with E-state index in [2.05, 4.69) is 0 Å². The molecule has 1 aromatic carbocycles. The largest absolute Gasteiger partial charge is 0.369 e. The van der Waals surface area contributed by atoms with Gasteiger partial charge in [0.05, 0.1) is 6.54 Å². The van der Waals surface area contributed by atoms with Crippen molar-refractivity contribution in [3.05, 3.63) is 35.9 Å². The summed E-state index contributed by atoms with van der Waals surface area (Å²) in [5.74, 6) is -0.378. The number of ether oxygens (including phenoxy) is 1. The number of amides is 2. The van der Waals surface area contributed by atoms with Crippen LogP contribution in [0.5, 0.6) is 0 Å². The smallest absolute Gasteiger partial charge is 0.256 e. The number of nitrogens with zero attached hydrogens (tertiary/aromatic N) is 2. The summed E-state index contributed by atoms with van der Waals surface area (Å²) in [5, 5.41) is 0. The molecule has 21 heavy (non-hydrogen) atoms. The molecule has 0 spiro atoms. The lowest BCUT2D eigenvalue weighted by Gasteiger charge is -2.35. The van der Waals surface area contributed by atoms with Crippen LogP contribution in [0.2, 0.25) is 0 Å². The predicted molar refractivity (Wildman–Crippen MR) is 78.4 cm³/mol. The molecule has 2 amide bonds. The van der Waals surface area contributed by atoms with Crippen LogP contribution in [-0.2, 0) is 14.3 Å². The molecule has 0 bridgehead atoms. The third-order valence-electron chi connectivity index (χ3n) is 3.63. The number of hydrogen-bond donors (Lipinski definition) is 1. The Morgan fingerprint density at radius 1 is 1.19 bits per heavy atom. The van der Waals surface area contributed by atoms with Gasteiger partial charge in [-0.25, -0.2) is 0 Å². The van der Waals surface area contributed by atoms with E-state index in [-0.39, 0.29) is 18.4 Å². The van der Waals surface area contributed by atoms with Crippen LogP contribution >= 0.6 is 0 Å². The van der Waals surface area contributed by atoms with Gasteiger partial charge in [-0.15, -0.1) is 0 Å². The van der Waals surface area contributed by atoms with Gasteiger partial charge in [-0.1, -0.05) is 30.3 Å². The first-order valence-electron chi connectivity index (χ1n) is 6.99. The van der Waals surface area contributed by atoms with Crippen molar-refractivity contribution in [1.29, 1.82) is 0 Å². The van der Waals surface area contributed by atoms with E-state index in [1.807, 2.05) is 35.2 Å².